The van der Waals surface area contributed by atoms with Gasteiger partial charge in [0, 0.05) is 23.1 Å². The molecule has 0 unspecified atom stereocenters. The third-order valence-electron chi connectivity index (χ3n) is 4.01. The molecule has 3 nitrogen and oxygen atoms in total. The first-order valence-electron chi connectivity index (χ1n) is 8.09. The summed E-state index contributed by atoms with van der Waals surface area (Å²) in [6, 6.07) is 12.4. The van der Waals surface area contributed by atoms with E-state index in [0.717, 1.165) is 33.8 Å². The molecule has 128 valence electrons. The highest BCUT2D eigenvalue weighted by molar-refractivity contribution is 7.09. The van der Waals surface area contributed by atoms with E-state index in [1.165, 1.54) is 12.1 Å². The number of aromatic nitrogens is 1. The zero-order valence-corrected chi connectivity index (χ0v) is 15.0. The highest BCUT2D eigenvalue weighted by Crippen LogP contribution is 2.21. The number of thiazole rings is 1. The van der Waals surface area contributed by atoms with Gasteiger partial charge in [-0.05, 0) is 43.5 Å². The molecule has 3 aromatic rings. The largest absolute Gasteiger partial charge is 0.352 e. The van der Waals surface area contributed by atoms with Crippen LogP contribution >= 0.6 is 11.3 Å². The number of amides is 1. The minimum Gasteiger partial charge on any atom is -0.352 e. The van der Waals surface area contributed by atoms with Crippen LogP contribution in [0.3, 0.4) is 0 Å². The lowest BCUT2D eigenvalue weighted by Gasteiger charge is -2.08. The Morgan fingerprint density at radius 3 is 2.60 bits per heavy atom. The zero-order valence-electron chi connectivity index (χ0n) is 14.2. The third kappa shape index (κ3) is 4.31. The fourth-order valence-electron chi connectivity index (χ4n) is 2.59. The van der Waals surface area contributed by atoms with Gasteiger partial charge in [0.2, 0.25) is 0 Å². The van der Waals surface area contributed by atoms with Gasteiger partial charge in [-0.3, -0.25) is 4.79 Å². The highest BCUT2D eigenvalue weighted by atomic mass is 32.1. The van der Waals surface area contributed by atoms with E-state index in [1.54, 1.807) is 24.3 Å². The van der Waals surface area contributed by atoms with E-state index in [1.807, 2.05) is 36.6 Å². The number of nitrogens with zero attached hydrogens (tertiary/aromatic N) is 1. The normalized spacial score (nSPS) is 10.7. The molecule has 0 spiro atoms. The Labute approximate surface area is 150 Å². The van der Waals surface area contributed by atoms with Crippen molar-refractivity contribution in [3.8, 4) is 11.3 Å². The first-order chi connectivity index (χ1) is 12.0. The second kappa shape index (κ2) is 7.57. The second-order valence-corrected chi connectivity index (χ2v) is 6.98. The van der Waals surface area contributed by atoms with E-state index in [0.29, 0.717) is 12.1 Å². The quantitative estimate of drug-likeness (QED) is 0.731. The Hall–Kier alpha value is -2.53. The average molecular weight is 354 g/mol. The minimum atomic E-state index is -0.399. The van der Waals surface area contributed by atoms with Crippen LogP contribution in [0, 0.1) is 19.7 Å². The van der Waals surface area contributed by atoms with Crippen molar-refractivity contribution in [2.75, 3.05) is 6.54 Å². The Morgan fingerprint density at radius 1 is 1.16 bits per heavy atom. The van der Waals surface area contributed by atoms with Gasteiger partial charge in [0.15, 0.2) is 0 Å². The Bertz CT molecular complexity index is 887. The van der Waals surface area contributed by atoms with Crippen LogP contribution in [0.1, 0.15) is 26.5 Å². The van der Waals surface area contributed by atoms with Gasteiger partial charge in [-0.2, -0.15) is 0 Å². The molecule has 0 saturated carbocycles. The van der Waals surface area contributed by atoms with Gasteiger partial charge >= 0.3 is 0 Å². The van der Waals surface area contributed by atoms with Gasteiger partial charge in [-0.1, -0.05) is 30.3 Å². The number of carbonyl (C=O) groups is 1. The molecule has 0 bridgehead atoms. The molecular formula is C20H19FN2OS. The topological polar surface area (TPSA) is 42.0 Å². The number of benzene rings is 2. The lowest BCUT2D eigenvalue weighted by atomic mass is 10.1. The lowest BCUT2D eigenvalue weighted by molar-refractivity contribution is 0.0953. The zero-order chi connectivity index (χ0) is 17.8. The fourth-order valence-corrected chi connectivity index (χ4v) is 3.21. The van der Waals surface area contributed by atoms with Crippen molar-refractivity contribution in [3.05, 3.63) is 75.4 Å². The predicted molar refractivity (Wildman–Crippen MR) is 99.5 cm³/mol. The Kier molecular flexibility index (Phi) is 5.24. The summed E-state index contributed by atoms with van der Waals surface area (Å²) in [4.78, 5) is 16.6. The van der Waals surface area contributed by atoms with Crippen molar-refractivity contribution in [1.29, 1.82) is 0 Å². The molecule has 3 rings (SSSR count). The Balaban J connectivity index is 1.57. The third-order valence-corrected chi connectivity index (χ3v) is 4.79. The molecule has 0 aliphatic heterocycles. The van der Waals surface area contributed by atoms with Crippen molar-refractivity contribution >= 4 is 17.2 Å². The van der Waals surface area contributed by atoms with Crippen molar-refractivity contribution in [1.82, 2.24) is 10.3 Å². The maximum absolute atomic E-state index is 13.3. The second-order valence-electron chi connectivity index (χ2n) is 5.91. The fraction of sp³-hybridized carbons (Fsp3) is 0.200. The van der Waals surface area contributed by atoms with Crippen LogP contribution < -0.4 is 5.32 Å². The van der Waals surface area contributed by atoms with Crippen LogP contribution in [0.2, 0.25) is 0 Å². The molecular weight excluding hydrogens is 335 g/mol. The molecule has 0 aliphatic carbocycles. The van der Waals surface area contributed by atoms with Crippen LogP contribution in [0.4, 0.5) is 4.39 Å². The van der Waals surface area contributed by atoms with Gasteiger partial charge in [-0.15, -0.1) is 11.3 Å². The van der Waals surface area contributed by atoms with Crippen molar-refractivity contribution < 1.29 is 9.18 Å². The summed E-state index contributed by atoms with van der Waals surface area (Å²) in [7, 11) is 0. The van der Waals surface area contributed by atoms with Gasteiger partial charge < -0.3 is 5.32 Å². The summed E-state index contributed by atoms with van der Waals surface area (Å²) in [5.74, 6) is -0.643. The average Bonchev–Trinajstić information content (AvgIpc) is 3.04. The monoisotopic (exact) mass is 354 g/mol. The van der Waals surface area contributed by atoms with Crippen molar-refractivity contribution in [2.45, 2.75) is 20.3 Å². The summed E-state index contributed by atoms with van der Waals surface area (Å²) in [6.45, 7) is 4.29. The molecule has 0 saturated heterocycles. The molecule has 0 aliphatic rings. The van der Waals surface area contributed by atoms with Crippen LogP contribution in [-0.2, 0) is 6.42 Å². The summed E-state index contributed by atoms with van der Waals surface area (Å²) in [6.07, 6.45) is 0.719. The number of halogens is 1. The van der Waals surface area contributed by atoms with Gasteiger partial charge in [0.05, 0.1) is 10.7 Å². The first kappa shape index (κ1) is 17.3. The minimum absolute atomic E-state index is 0.244. The number of carbonyl (C=O) groups excluding carboxylic acids is 1. The summed E-state index contributed by atoms with van der Waals surface area (Å²) in [5.41, 5.74) is 4.36. The molecule has 1 aromatic heterocycles. The molecule has 0 atom stereocenters. The van der Waals surface area contributed by atoms with E-state index < -0.39 is 5.82 Å². The number of rotatable bonds is 5. The van der Waals surface area contributed by atoms with E-state index >= 15 is 0 Å². The van der Waals surface area contributed by atoms with Gasteiger partial charge in [0.25, 0.3) is 5.91 Å². The van der Waals surface area contributed by atoms with Crippen molar-refractivity contribution in [3.63, 3.8) is 0 Å². The molecule has 0 fully saturated rings. The smallest absolute Gasteiger partial charge is 0.251 e. The molecule has 1 amide bonds. The molecule has 2 aromatic carbocycles. The first-order valence-corrected chi connectivity index (χ1v) is 8.96. The van der Waals surface area contributed by atoms with Crippen LogP contribution in [0.15, 0.2) is 47.8 Å². The van der Waals surface area contributed by atoms with E-state index in [-0.39, 0.29) is 5.91 Å². The van der Waals surface area contributed by atoms with Crippen LogP contribution in [0.5, 0.6) is 0 Å². The number of hydrogen-bond donors (Lipinski definition) is 1. The lowest BCUT2D eigenvalue weighted by Crippen LogP contribution is -2.26. The number of nitrogens with one attached hydrogen (secondary N) is 1. The molecule has 0 radical (unpaired) electrons. The maximum atomic E-state index is 13.3. The van der Waals surface area contributed by atoms with Gasteiger partial charge in [-0.25, -0.2) is 9.37 Å². The predicted octanol–water partition coefficient (Wildman–Crippen LogP) is 4.54. The number of aryl methyl sites for hydroxylation is 2. The molecule has 5 heteroatoms. The summed E-state index contributed by atoms with van der Waals surface area (Å²) >= 11 is 1.64. The SMILES string of the molecule is Cc1nc(-c2ccc(CCNC(=O)c3cc(F)ccc3C)cc2)cs1. The molecule has 1 heterocycles. The molecule has 1 N–H and O–H groups in total. The van der Waals surface area contributed by atoms with Crippen molar-refractivity contribution in [2.24, 2.45) is 0 Å². The summed E-state index contributed by atoms with van der Waals surface area (Å²) < 4.78 is 13.3. The van der Waals surface area contributed by atoms with E-state index in [4.69, 9.17) is 0 Å². The molecule has 25 heavy (non-hydrogen) atoms. The van der Waals surface area contributed by atoms with E-state index in [2.05, 4.69) is 10.3 Å². The summed E-state index contributed by atoms with van der Waals surface area (Å²) in [5, 5.41) is 5.95. The highest BCUT2D eigenvalue weighted by Gasteiger charge is 2.09. The van der Waals surface area contributed by atoms with Crippen LogP contribution in [-0.4, -0.2) is 17.4 Å². The van der Waals surface area contributed by atoms with Crippen LogP contribution in [0.25, 0.3) is 11.3 Å². The maximum Gasteiger partial charge on any atom is 0.251 e. The Morgan fingerprint density at radius 2 is 1.92 bits per heavy atom. The van der Waals surface area contributed by atoms with Gasteiger partial charge in [0.1, 0.15) is 5.82 Å². The standard InChI is InChI=1S/C20H19FN2OS/c1-13-3-8-17(21)11-18(13)20(24)22-10-9-15-4-6-16(7-5-15)19-12-25-14(2)23-19/h3-8,11-12H,9-10H2,1-2H3,(H,22,24). The van der Waals surface area contributed by atoms with E-state index in [9.17, 15) is 9.18 Å². The number of hydrogen-bond acceptors (Lipinski definition) is 3.